The van der Waals surface area contributed by atoms with Gasteiger partial charge in [0.1, 0.15) is 24.4 Å². The Kier molecular flexibility index (Phi) is 4.73. The van der Waals surface area contributed by atoms with Crippen LogP contribution in [0.1, 0.15) is 17.5 Å². The van der Waals surface area contributed by atoms with Crippen molar-refractivity contribution < 1.29 is 19.1 Å². The summed E-state index contributed by atoms with van der Waals surface area (Å²) >= 11 is 0. The molecule has 7 heteroatoms. The van der Waals surface area contributed by atoms with E-state index < -0.39 is 17.5 Å². The molecule has 1 saturated heterocycles. The molecule has 0 radical (unpaired) electrons. The number of nitrogens with zero attached hydrogens (tertiary/aromatic N) is 1. The highest BCUT2D eigenvalue weighted by atomic mass is 16.5. The van der Waals surface area contributed by atoms with Crippen LogP contribution in [0, 0.1) is 0 Å². The molecule has 2 aliphatic rings. The lowest BCUT2D eigenvalue weighted by molar-refractivity contribution is -0.135. The van der Waals surface area contributed by atoms with Crippen LogP contribution in [0.2, 0.25) is 0 Å². The molecule has 1 aliphatic carbocycles. The predicted octanol–water partition coefficient (Wildman–Crippen LogP) is 1.58. The zero-order chi connectivity index (χ0) is 19.6. The molecule has 2 aromatic rings. The van der Waals surface area contributed by atoms with E-state index in [-0.39, 0.29) is 19.0 Å². The molecule has 7 nitrogen and oxygen atoms in total. The molecule has 0 bridgehead atoms. The lowest BCUT2D eigenvalue weighted by atomic mass is 9.92. The van der Waals surface area contributed by atoms with Crippen molar-refractivity contribution >= 4 is 17.8 Å². The molecule has 28 heavy (non-hydrogen) atoms. The summed E-state index contributed by atoms with van der Waals surface area (Å²) in [5.74, 6) is -0.0469. The normalized spacial score (nSPS) is 20.2. The van der Waals surface area contributed by atoms with Gasteiger partial charge in [-0.25, -0.2) is 4.79 Å². The Balaban J connectivity index is 1.33. The number of ether oxygens (including phenoxy) is 1. The summed E-state index contributed by atoms with van der Waals surface area (Å²) in [4.78, 5) is 38.6. The summed E-state index contributed by atoms with van der Waals surface area (Å²) < 4.78 is 5.51. The summed E-state index contributed by atoms with van der Waals surface area (Å²) in [5, 5.41) is 5.49. The number of para-hydroxylation sites is 1. The van der Waals surface area contributed by atoms with E-state index in [2.05, 4.69) is 10.6 Å². The number of hydrogen-bond acceptors (Lipinski definition) is 4. The monoisotopic (exact) mass is 379 g/mol. The van der Waals surface area contributed by atoms with Gasteiger partial charge in [0.15, 0.2) is 0 Å². The van der Waals surface area contributed by atoms with Crippen molar-refractivity contribution in [2.24, 2.45) is 0 Å². The molecule has 0 unspecified atom stereocenters. The molecular weight excluding hydrogens is 358 g/mol. The van der Waals surface area contributed by atoms with Crippen LogP contribution in [-0.2, 0) is 21.5 Å². The third-order valence-electron chi connectivity index (χ3n) is 5.16. The van der Waals surface area contributed by atoms with Gasteiger partial charge in [0, 0.05) is 0 Å². The lowest BCUT2D eigenvalue weighted by Gasteiger charge is -2.22. The molecule has 2 aromatic carbocycles. The Morgan fingerprint density at radius 1 is 1.11 bits per heavy atom. The second-order valence-electron chi connectivity index (χ2n) is 6.90. The summed E-state index contributed by atoms with van der Waals surface area (Å²) in [6.45, 7) is 0.276. The molecule has 4 amide bonds. The van der Waals surface area contributed by atoms with Gasteiger partial charge in [0.2, 0.25) is 5.91 Å². The summed E-state index contributed by atoms with van der Waals surface area (Å²) in [6.07, 6.45) is 1.24. The standard InChI is InChI=1S/C21H21N3O4/c25-18(22-12-13-28-16-7-2-1-3-8-16)14-24-19(26)21(23-20(24)27)11-10-15-6-4-5-9-17(15)21/h1-9H,10-14H2,(H,22,25)(H,23,27)/t21-/m1/s1. The fourth-order valence-corrected chi connectivity index (χ4v) is 3.81. The smallest absolute Gasteiger partial charge is 0.325 e. The van der Waals surface area contributed by atoms with E-state index in [9.17, 15) is 14.4 Å². The molecule has 144 valence electrons. The molecule has 4 rings (SSSR count). The number of hydrogen-bond donors (Lipinski definition) is 2. The number of carbonyl (C=O) groups is 3. The molecule has 0 saturated carbocycles. The number of aryl methyl sites for hydroxylation is 1. The van der Waals surface area contributed by atoms with Crippen LogP contribution < -0.4 is 15.4 Å². The second kappa shape index (κ2) is 7.34. The third kappa shape index (κ3) is 3.19. The highest BCUT2D eigenvalue weighted by molar-refractivity contribution is 6.09. The van der Waals surface area contributed by atoms with Crippen LogP contribution in [-0.4, -0.2) is 42.4 Å². The third-order valence-corrected chi connectivity index (χ3v) is 5.16. The number of imide groups is 1. The number of urea groups is 1. The number of rotatable bonds is 6. The van der Waals surface area contributed by atoms with E-state index in [4.69, 9.17) is 4.74 Å². The lowest BCUT2D eigenvalue weighted by Crippen LogP contribution is -2.44. The van der Waals surface area contributed by atoms with Crippen molar-refractivity contribution in [3.63, 3.8) is 0 Å². The summed E-state index contributed by atoms with van der Waals surface area (Å²) in [7, 11) is 0. The van der Waals surface area contributed by atoms with E-state index in [0.29, 0.717) is 18.8 Å². The van der Waals surface area contributed by atoms with Gasteiger partial charge in [-0.15, -0.1) is 0 Å². The Labute approximate surface area is 162 Å². The predicted molar refractivity (Wildman–Crippen MR) is 102 cm³/mol. The maximum atomic E-state index is 13.0. The van der Waals surface area contributed by atoms with Gasteiger partial charge < -0.3 is 15.4 Å². The molecule has 1 heterocycles. The van der Waals surface area contributed by atoms with Gasteiger partial charge in [-0.05, 0) is 36.1 Å². The largest absolute Gasteiger partial charge is 0.492 e. The average molecular weight is 379 g/mol. The number of benzene rings is 2. The average Bonchev–Trinajstić information content (AvgIpc) is 3.20. The first kappa shape index (κ1) is 18.0. The molecule has 1 aliphatic heterocycles. The van der Waals surface area contributed by atoms with Gasteiger partial charge in [-0.3, -0.25) is 14.5 Å². The quantitative estimate of drug-likeness (QED) is 0.589. The van der Waals surface area contributed by atoms with Crippen molar-refractivity contribution in [3.05, 3.63) is 65.7 Å². The second-order valence-corrected chi connectivity index (χ2v) is 6.90. The topological polar surface area (TPSA) is 87.7 Å². The minimum atomic E-state index is -1.04. The maximum Gasteiger partial charge on any atom is 0.325 e. The number of fused-ring (bicyclic) bond motifs is 2. The first-order valence-corrected chi connectivity index (χ1v) is 9.27. The van der Waals surface area contributed by atoms with E-state index >= 15 is 0 Å². The summed E-state index contributed by atoms with van der Waals surface area (Å²) in [6, 6.07) is 16.3. The molecule has 2 N–H and O–H groups in total. The zero-order valence-corrected chi connectivity index (χ0v) is 15.3. The molecule has 1 fully saturated rings. The SMILES string of the molecule is O=C(CN1C(=O)N[C@@]2(CCc3ccccc32)C1=O)NCCOc1ccccc1. The Morgan fingerprint density at radius 3 is 2.68 bits per heavy atom. The van der Waals surface area contributed by atoms with Gasteiger partial charge in [-0.2, -0.15) is 0 Å². The maximum absolute atomic E-state index is 13.0. The van der Waals surface area contributed by atoms with Crippen molar-refractivity contribution in [1.82, 2.24) is 15.5 Å². The van der Waals surface area contributed by atoms with E-state index in [0.717, 1.165) is 22.4 Å². The summed E-state index contributed by atoms with van der Waals surface area (Å²) in [5.41, 5.74) is 0.845. The minimum Gasteiger partial charge on any atom is -0.492 e. The highest BCUT2D eigenvalue weighted by Gasteiger charge is 2.55. The Morgan fingerprint density at radius 2 is 1.86 bits per heavy atom. The van der Waals surface area contributed by atoms with Crippen LogP contribution in [0.25, 0.3) is 0 Å². The first-order valence-electron chi connectivity index (χ1n) is 9.27. The highest BCUT2D eigenvalue weighted by Crippen LogP contribution is 2.41. The van der Waals surface area contributed by atoms with Crippen molar-refractivity contribution in [3.8, 4) is 5.75 Å². The van der Waals surface area contributed by atoms with Gasteiger partial charge in [0.25, 0.3) is 5.91 Å². The molecule has 1 atom stereocenters. The minimum absolute atomic E-state index is 0.283. The van der Waals surface area contributed by atoms with Crippen LogP contribution in [0.3, 0.4) is 0 Å². The van der Waals surface area contributed by atoms with Crippen LogP contribution in [0.5, 0.6) is 5.75 Å². The molecule has 1 spiro atoms. The van der Waals surface area contributed by atoms with Crippen molar-refractivity contribution in [2.75, 3.05) is 19.7 Å². The number of carbonyl (C=O) groups excluding carboxylic acids is 3. The Hall–Kier alpha value is -3.35. The van der Waals surface area contributed by atoms with Crippen molar-refractivity contribution in [1.29, 1.82) is 0 Å². The van der Waals surface area contributed by atoms with E-state index in [1.165, 1.54) is 0 Å². The number of amides is 4. The molecule has 0 aromatic heterocycles. The van der Waals surface area contributed by atoms with Crippen LogP contribution >= 0.6 is 0 Å². The van der Waals surface area contributed by atoms with Crippen LogP contribution in [0.15, 0.2) is 54.6 Å². The van der Waals surface area contributed by atoms with Crippen molar-refractivity contribution in [2.45, 2.75) is 18.4 Å². The van der Waals surface area contributed by atoms with Crippen LogP contribution in [0.4, 0.5) is 4.79 Å². The number of nitrogens with one attached hydrogen (secondary N) is 2. The molecular formula is C21H21N3O4. The van der Waals surface area contributed by atoms with Gasteiger partial charge >= 0.3 is 6.03 Å². The first-order chi connectivity index (χ1) is 13.6. The fourth-order valence-electron chi connectivity index (χ4n) is 3.81. The zero-order valence-electron chi connectivity index (χ0n) is 15.3. The van der Waals surface area contributed by atoms with E-state index in [1.54, 1.807) is 0 Å². The van der Waals surface area contributed by atoms with Gasteiger partial charge in [0.05, 0.1) is 6.54 Å². The fraction of sp³-hybridized carbons (Fsp3) is 0.286. The van der Waals surface area contributed by atoms with Gasteiger partial charge in [-0.1, -0.05) is 42.5 Å². The van der Waals surface area contributed by atoms with E-state index in [1.807, 2.05) is 54.6 Å². The Bertz CT molecular complexity index is 915.